The molecule has 1 aromatic carbocycles. The average molecular weight is 264 g/mol. The van der Waals surface area contributed by atoms with Gasteiger partial charge in [-0.2, -0.15) is 0 Å². The molecule has 0 aliphatic carbocycles. The minimum Gasteiger partial charge on any atom is -0.490 e. The summed E-state index contributed by atoms with van der Waals surface area (Å²) in [7, 11) is 1.69. The molecule has 0 saturated heterocycles. The van der Waals surface area contributed by atoms with Gasteiger partial charge in [-0.3, -0.25) is 0 Å². The zero-order valence-electron chi connectivity index (χ0n) is 12.1. The van der Waals surface area contributed by atoms with Gasteiger partial charge in [0.2, 0.25) is 0 Å². The molecule has 0 unspecified atom stereocenters. The van der Waals surface area contributed by atoms with Gasteiger partial charge in [-0.15, -0.1) is 0 Å². The van der Waals surface area contributed by atoms with E-state index in [2.05, 4.69) is 19.1 Å². The van der Waals surface area contributed by atoms with E-state index in [-0.39, 0.29) is 0 Å². The van der Waals surface area contributed by atoms with Crippen LogP contribution in [0.4, 0.5) is 0 Å². The number of ether oxygens (including phenoxy) is 3. The zero-order chi connectivity index (χ0) is 13.9. The summed E-state index contributed by atoms with van der Waals surface area (Å²) in [6.07, 6.45) is 6.27. The molecule has 19 heavy (non-hydrogen) atoms. The lowest BCUT2D eigenvalue weighted by Gasteiger charge is -2.12. The highest BCUT2D eigenvalue weighted by Crippen LogP contribution is 2.28. The van der Waals surface area contributed by atoms with Gasteiger partial charge in [-0.05, 0) is 37.5 Å². The van der Waals surface area contributed by atoms with Gasteiger partial charge in [0, 0.05) is 7.11 Å². The van der Waals surface area contributed by atoms with Crippen LogP contribution in [0.1, 0.15) is 32.3 Å². The van der Waals surface area contributed by atoms with Crippen LogP contribution < -0.4 is 9.47 Å². The number of hydrogen-bond acceptors (Lipinski definition) is 3. The fourth-order valence-corrected chi connectivity index (χ4v) is 1.72. The predicted molar refractivity (Wildman–Crippen MR) is 77.9 cm³/mol. The summed E-state index contributed by atoms with van der Waals surface area (Å²) < 4.78 is 16.5. The third-order valence-corrected chi connectivity index (χ3v) is 2.56. The molecule has 0 amide bonds. The molecule has 0 fully saturated rings. The number of hydrogen-bond donors (Lipinski definition) is 0. The molecule has 1 aromatic rings. The molecule has 0 heterocycles. The van der Waals surface area contributed by atoms with Crippen LogP contribution in [0.15, 0.2) is 30.4 Å². The maximum atomic E-state index is 5.75. The van der Waals surface area contributed by atoms with Crippen LogP contribution in [0.25, 0.3) is 0 Å². The quantitative estimate of drug-likeness (QED) is 0.499. The van der Waals surface area contributed by atoms with Crippen molar-refractivity contribution in [2.45, 2.75) is 33.3 Å². The highest BCUT2D eigenvalue weighted by atomic mass is 16.5. The number of benzene rings is 1. The summed E-state index contributed by atoms with van der Waals surface area (Å²) in [5.41, 5.74) is 1.09. The molecule has 0 bridgehead atoms. The topological polar surface area (TPSA) is 27.7 Å². The maximum Gasteiger partial charge on any atom is 0.161 e. The Balaban J connectivity index is 2.62. The molecule has 0 aliphatic heterocycles. The smallest absolute Gasteiger partial charge is 0.161 e. The normalized spacial score (nSPS) is 10.9. The van der Waals surface area contributed by atoms with Crippen molar-refractivity contribution in [1.82, 2.24) is 0 Å². The molecule has 3 heteroatoms. The van der Waals surface area contributed by atoms with E-state index in [0.29, 0.717) is 19.8 Å². The Morgan fingerprint density at radius 1 is 1.05 bits per heavy atom. The summed E-state index contributed by atoms with van der Waals surface area (Å²) in [6.45, 7) is 5.97. The van der Waals surface area contributed by atoms with Crippen molar-refractivity contribution < 1.29 is 14.2 Å². The van der Waals surface area contributed by atoms with Crippen molar-refractivity contribution in [1.29, 1.82) is 0 Å². The monoisotopic (exact) mass is 264 g/mol. The van der Waals surface area contributed by atoms with Crippen LogP contribution in [0, 0.1) is 0 Å². The number of methoxy groups -OCH3 is 1. The Morgan fingerprint density at radius 2 is 1.89 bits per heavy atom. The molecular formula is C16H24O3. The van der Waals surface area contributed by atoms with Crippen molar-refractivity contribution in [2.75, 3.05) is 20.3 Å². The van der Waals surface area contributed by atoms with Crippen molar-refractivity contribution in [2.24, 2.45) is 0 Å². The summed E-state index contributed by atoms with van der Waals surface area (Å²) >= 11 is 0. The minimum atomic E-state index is 0.583. The summed E-state index contributed by atoms with van der Waals surface area (Å²) in [6, 6.07) is 5.93. The standard InChI is InChI=1S/C16H24O3/c1-4-6-7-8-11-19-15-10-9-14(13-17-3)12-16(15)18-5-2/h6-7,9-10,12H,4-5,8,11,13H2,1-3H3. The molecule has 1 rings (SSSR count). The van der Waals surface area contributed by atoms with E-state index >= 15 is 0 Å². The molecule has 0 atom stereocenters. The zero-order valence-corrected chi connectivity index (χ0v) is 12.1. The van der Waals surface area contributed by atoms with E-state index in [1.165, 1.54) is 0 Å². The summed E-state index contributed by atoms with van der Waals surface area (Å²) in [4.78, 5) is 0. The van der Waals surface area contributed by atoms with Crippen LogP contribution in [0.5, 0.6) is 11.5 Å². The van der Waals surface area contributed by atoms with E-state index in [9.17, 15) is 0 Å². The first-order valence-corrected chi connectivity index (χ1v) is 6.84. The lowest BCUT2D eigenvalue weighted by Crippen LogP contribution is -2.01. The molecule has 106 valence electrons. The molecule has 0 radical (unpaired) electrons. The van der Waals surface area contributed by atoms with E-state index in [1.807, 2.05) is 25.1 Å². The fourth-order valence-electron chi connectivity index (χ4n) is 1.72. The number of rotatable bonds is 9. The van der Waals surface area contributed by atoms with Crippen molar-refractivity contribution in [3.05, 3.63) is 35.9 Å². The second-order valence-corrected chi connectivity index (χ2v) is 4.16. The molecular weight excluding hydrogens is 240 g/mol. The van der Waals surface area contributed by atoms with Crippen molar-refractivity contribution in [3.8, 4) is 11.5 Å². The lowest BCUT2D eigenvalue weighted by atomic mass is 10.2. The first-order chi connectivity index (χ1) is 9.31. The van der Waals surface area contributed by atoms with E-state index in [1.54, 1.807) is 7.11 Å². The molecule has 0 aromatic heterocycles. The predicted octanol–water partition coefficient (Wildman–Crippen LogP) is 3.97. The van der Waals surface area contributed by atoms with Crippen molar-refractivity contribution >= 4 is 0 Å². The lowest BCUT2D eigenvalue weighted by molar-refractivity contribution is 0.184. The third kappa shape index (κ3) is 5.79. The van der Waals surface area contributed by atoms with Crippen LogP contribution >= 0.6 is 0 Å². The Morgan fingerprint density at radius 3 is 2.58 bits per heavy atom. The third-order valence-electron chi connectivity index (χ3n) is 2.56. The Kier molecular flexibility index (Phi) is 7.75. The van der Waals surface area contributed by atoms with Crippen LogP contribution in [-0.4, -0.2) is 20.3 Å². The second kappa shape index (κ2) is 9.45. The van der Waals surface area contributed by atoms with Gasteiger partial charge in [-0.1, -0.05) is 25.1 Å². The van der Waals surface area contributed by atoms with Crippen LogP contribution in [0.2, 0.25) is 0 Å². The molecule has 0 N–H and O–H groups in total. The highest BCUT2D eigenvalue weighted by Gasteiger charge is 2.06. The van der Waals surface area contributed by atoms with Gasteiger partial charge in [0.15, 0.2) is 11.5 Å². The number of allylic oxidation sites excluding steroid dienone is 1. The largest absolute Gasteiger partial charge is 0.490 e. The average Bonchev–Trinajstić information content (AvgIpc) is 2.41. The van der Waals surface area contributed by atoms with Gasteiger partial charge in [0.25, 0.3) is 0 Å². The van der Waals surface area contributed by atoms with Gasteiger partial charge in [0.05, 0.1) is 19.8 Å². The summed E-state index contributed by atoms with van der Waals surface area (Å²) in [5, 5.41) is 0. The van der Waals surface area contributed by atoms with Gasteiger partial charge in [0.1, 0.15) is 0 Å². The maximum absolute atomic E-state index is 5.75. The van der Waals surface area contributed by atoms with Crippen LogP contribution in [-0.2, 0) is 11.3 Å². The first-order valence-electron chi connectivity index (χ1n) is 6.84. The van der Waals surface area contributed by atoms with Gasteiger partial charge in [-0.25, -0.2) is 0 Å². The minimum absolute atomic E-state index is 0.583. The van der Waals surface area contributed by atoms with Gasteiger partial charge < -0.3 is 14.2 Å². The van der Waals surface area contributed by atoms with Crippen molar-refractivity contribution in [3.63, 3.8) is 0 Å². The van der Waals surface area contributed by atoms with Crippen LogP contribution in [0.3, 0.4) is 0 Å². The van der Waals surface area contributed by atoms with E-state index < -0.39 is 0 Å². The fraction of sp³-hybridized carbons (Fsp3) is 0.500. The van der Waals surface area contributed by atoms with E-state index in [4.69, 9.17) is 14.2 Å². The Bertz CT molecular complexity index is 386. The highest BCUT2D eigenvalue weighted by molar-refractivity contribution is 5.42. The first kappa shape index (κ1) is 15.6. The van der Waals surface area contributed by atoms with Gasteiger partial charge >= 0.3 is 0 Å². The van der Waals surface area contributed by atoms with E-state index in [0.717, 1.165) is 29.9 Å². The molecule has 0 aliphatic rings. The molecule has 3 nitrogen and oxygen atoms in total. The Hall–Kier alpha value is -1.48. The molecule has 0 spiro atoms. The SMILES string of the molecule is CCC=CCCOc1ccc(COC)cc1OCC. The summed E-state index contributed by atoms with van der Waals surface area (Å²) in [5.74, 6) is 1.59. The molecule has 0 saturated carbocycles. The second-order valence-electron chi connectivity index (χ2n) is 4.16. The Labute approximate surface area is 116 Å².